The third kappa shape index (κ3) is 3.14. The van der Waals surface area contributed by atoms with Crippen molar-refractivity contribution in [1.82, 2.24) is 25.3 Å². The molecule has 1 aromatic rings. The van der Waals surface area contributed by atoms with Gasteiger partial charge in [-0.1, -0.05) is 5.10 Å². The second-order valence-corrected chi connectivity index (χ2v) is 5.31. The minimum absolute atomic E-state index is 0.104. The minimum Gasteiger partial charge on any atom is -0.408 e. The van der Waals surface area contributed by atoms with Crippen molar-refractivity contribution >= 4 is 11.9 Å². The molecular formula is C12H20N6O2. The Morgan fingerprint density at radius 2 is 2.15 bits per heavy atom. The van der Waals surface area contributed by atoms with E-state index >= 15 is 0 Å². The van der Waals surface area contributed by atoms with Gasteiger partial charge in [-0.2, -0.15) is 0 Å². The minimum atomic E-state index is -0.104. The molecule has 2 fully saturated rings. The van der Waals surface area contributed by atoms with Crippen molar-refractivity contribution in [3.8, 4) is 0 Å². The van der Waals surface area contributed by atoms with E-state index in [1.807, 2.05) is 0 Å². The van der Waals surface area contributed by atoms with Crippen LogP contribution in [0.2, 0.25) is 0 Å². The van der Waals surface area contributed by atoms with Crippen molar-refractivity contribution in [3.63, 3.8) is 0 Å². The number of nitrogens with one attached hydrogen (secondary N) is 2. The first-order chi connectivity index (χ1) is 9.70. The molecule has 3 rings (SSSR count). The normalized spacial score (nSPS) is 21.6. The molecule has 3 heterocycles. The molecule has 0 spiro atoms. The number of anilines is 1. The van der Waals surface area contributed by atoms with E-state index in [0.29, 0.717) is 18.5 Å². The van der Waals surface area contributed by atoms with Crippen LogP contribution in [-0.4, -0.2) is 77.8 Å². The van der Waals surface area contributed by atoms with Crippen molar-refractivity contribution in [2.24, 2.45) is 0 Å². The molecule has 2 aliphatic heterocycles. The SMILES string of the molecule is Cc1nnc(NC(=O)CN2CC(N3CCNCC3)C2)o1. The standard InChI is InChI=1S/C12H20N6O2/c1-9-15-16-12(20-9)14-11(19)8-17-6-10(7-17)18-4-2-13-3-5-18/h10,13H,2-8H2,1H3,(H,14,16,19). The number of hydrogen-bond donors (Lipinski definition) is 2. The Kier molecular flexibility index (Phi) is 3.95. The lowest BCUT2D eigenvalue weighted by atomic mass is 10.1. The first-order valence-corrected chi connectivity index (χ1v) is 6.98. The zero-order valence-corrected chi connectivity index (χ0v) is 11.6. The molecule has 0 bridgehead atoms. The van der Waals surface area contributed by atoms with E-state index in [4.69, 9.17) is 4.42 Å². The van der Waals surface area contributed by atoms with Crippen LogP contribution in [0.5, 0.6) is 0 Å². The lowest BCUT2D eigenvalue weighted by Gasteiger charge is -2.46. The van der Waals surface area contributed by atoms with E-state index in [0.717, 1.165) is 39.3 Å². The van der Waals surface area contributed by atoms with Crippen LogP contribution in [0.3, 0.4) is 0 Å². The Balaban J connectivity index is 1.38. The first kappa shape index (κ1) is 13.5. The molecule has 2 saturated heterocycles. The van der Waals surface area contributed by atoms with Gasteiger partial charge < -0.3 is 9.73 Å². The number of rotatable bonds is 4. The molecule has 0 atom stereocenters. The van der Waals surface area contributed by atoms with E-state index < -0.39 is 0 Å². The zero-order valence-electron chi connectivity index (χ0n) is 11.6. The van der Waals surface area contributed by atoms with Crippen LogP contribution in [0.1, 0.15) is 5.89 Å². The van der Waals surface area contributed by atoms with Crippen molar-refractivity contribution in [2.75, 3.05) is 51.1 Å². The van der Waals surface area contributed by atoms with Gasteiger partial charge in [0.05, 0.1) is 6.54 Å². The summed E-state index contributed by atoms with van der Waals surface area (Å²) in [6.07, 6.45) is 0. The van der Waals surface area contributed by atoms with Crippen LogP contribution in [0.4, 0.5) is 6.01 Å². The van der Waals surface area contributed by atoms with Crippen LogP contribution in [-0.2, 0) is 4.79 Å². The number of aromatic nitrogens is 2. The number of likely N-dealkylation sites (tertiary alicyclic amines) is 1. The van der Waals surface area contributed by atoms with Gasteiger partial charge in [0.15, 0.2) is 0 Å². The highest BCUT2D eigenvalue weighted by molar-refractivity contribution is 5.90. The fraction of sp³-hybridized carbons (Fsp3) is 0.750. The number of nitrogens with zero attached hydrogens (tertiary/aromatic N) is 4. The van der Waals surface area contributed by atoms with Gasteiger partial charge in [-0.05, 0) is 0 Å². The lowest BCUT2D eigenvalue weighted by molar-refractivity contribution is -0.119. The number of carbonyl (C=O) groups excluding carboxylic acids is 1. The number of aryl methyl sites for hydroxylation is 1. The summed E-state index contributed by atoms with van der Waals surface area (Å²) in [6.45, 7) is 8.31. The number of carbonyl (C=O) groups is 1. The smallest absolute Gasteiger partial charge is 0.322 e. The Morgan fingerprint density at radius 3 is 2.80 bits per heavy atom. The summed E-state index contributed by atoms with van der Waals surface area (Å²) in [5.41, 5.74) is 0. The molecule has 1 amide bonds. The van der Waals surface area contributed by atoms with Gasteiger partial charge in [0, 0.05) is 52.2 Å². The third-order valence-electron chi connectivity index (χ3n) is 3.75. The molecule has 1 aromatic heterocycles. The zero-order chi connectivity index (χ0) is 13.9. The quantitative estimate of drug-likeness (QED) is 0.724. The summed E-state index contributed by atoms with van der Waals surface area (Å²) in [4.78, 5) is 16.4. The van der Waals surface area contributed by atoms with Gasteiger partial charge in [0.1, 0.15) is 0 Å². The fourth-order valence-electron chi connectivity index (χ4n) is 2.66. The molecule has 0 aliphatic carbocycles. The average molecular weight is 280 g/mol. The van der Waals surface area contributed by atoms with Crippen LogP contribution < -0.4 is 10.6 Å². The molecule has 8 heteroatoms. The maximum absolute atomic E-state index is 11.8. The summed E-state index contributed by atoms with van der Waals surface area (Å²) in [5.74, 6) is 0.343. The molecule has 2 N–H and O–H groups in total. The molecule has 110 valence electrons. The van der Waals surface area contributed by atoms with Crippen molar-refractivity contribution in [1.29, 1.82) is 0 Å². The molecular weight excluding hydrogens is 260 g/mol. The highest BCUT2D eigenvalue weighted by atomic mass is 16.4. The Labute approximate surface area is 117 Å². The van der Waals surface area contributed by atoms with E-state index in [-0.39, 0.29) is 11.9 Å². The summed E-state index contributed by atoms with van der Waals surface area (Å²) >= 11 is 0. The van der Waals surface area contributed by atoms with Gasteiger partial charge in [0.2, 0.25) is 11.8 Å². The first-order valence-electron chi connectivity index (χ1n) is 6.98. The number of amides is 1. The van der Waals surface area contributed by atoms with Crippen molar-refractivity contribution in [3.05, 3.63) is 5.89 Å². The monoisotopic (exact) mass is 280 g/mol. The summed E-state index contributed by atoms with van der Waals surface area (Å²) in [5, 5.41) is 13.4. The van der Waals surface area contributed by atoms with Gasteiger partial charge in [-0.15, -0.1) is 5.10 Å². The molecule has 2 aliphatic rings. The second kappa shape index (κ2) is 5.86. The van der Waals surface area contributed by atoms with Gasteiger partial charge >= 0.3 is 6.01 Å². The topological polar surface area (TPSA) is 86.5 Å². The van der Waals surface area contributed by atoms with Crippen molar-refractivity contribution < 1.29 is 9.21 Å². The Morgan fingerprint density at radius 1 is 1.40 bits per heavy atom. The molecule has 8 nitrogen and oxygen atoms in total. The lowest BCUT2D eigenvalue weighted by Crippen LogP contribution is -2.63. The highest BCUT2D eigenvalue weighted by Crippen LogP contribution is 2.15. The van der Waals surface area contributed by atoms with Crippen LogP contribution in [0.25, 0.3) is 0 Å². The molecule has 0 radical (unpaired) electrons. The van der Waals surface area contributed by atoms with Crippen LogP contribution >= 0.6 is 0 Å². The second-order valence-electron chi connectivity index (χ2n) is 5.31. The van der Waals surface area contributed by atoms with E-state index in [9.17, 15) is 4.79 Å². The summed E-state index contributed by atoms with van der Waals surface area (Å²) in [7, 11) is 0. The average Bonchev–Trinajstić information content (AvgIpc) is 2.80. The maximum Gasteiger partial charge on any atom is 0.322 e. The Bertz CT molecular complexity index is 464. The summed E-state index contributed by atoms with van der Waals surface area (Å²) < 4.78 is 5.12. The van der Waals surface area contributed by atoms with Crippen LogP contribution in [0.15, 0.2) is 4.42 Å². The van der Waals surface area contributed by atoms with Gasteiger partial charge in [0.25, 0.3) is 0 Å². The number of hydrogen-bond acceptors (Lipinski definition) is 7. The largest absolute Gasteiger partial charge is 0.408 e. The predicted octanol–water partition coefficient (Wildman–Crippen LogP) is -1.09. The van der Waals surface area contributed by atoms with E-state index in [2.05, 4.69) is 30.6 Å². The fourth-order valence-corrected chi connectivity index (χ4v) is 2.66. The van der Waals surface area contributed by atoms with Crippen molar-refractivity contribution in [2.45, 2.75) is 13.0 Å². The molecule has 0 saturated carbocycles. The van der Waals surface area contributed by atoms with E-state index in [1.165, 1.54) is 0 Å². The summed E-state index contributed by atoms with van der Waals surface area (Å²) in [6, 6.07) is 0.766. The predicted molar refractivity (Wildman–Crippen MR) is 72.3 cm³/mol. The van der Waals surface area contributed by atoms with Gasteiger partial charge in [-0.25, -0.2) is 0 Å². The molecule has 0 aromatic carbocycles. The third-order valence-corrected chi connectivity index (χ3v) is 3.75. The molecule has 20 heavy (non-hydrogen) atoms. The highest BCUT2D eigenvalue weighted by Gasteiger charge is 2.33. The van der Waals surface area contributed by atoms with Gasteiger partial charge in [-0.3, -0.25) is 19.9 Å². The maximum atomic E-state index is 11.8. The Hall–Kier alpha value is -1.51. The molecule has 0 unspecified atom stereocenters. The van der Waals surface area contributed by atoms with E-state index in [1.54, 1.807) is 6.92 Å². The number of piperazine rings is 1. The van der Waals surface area contributed by atoms with Crippen LogP contribution in [0, 0.1) is 6.92 Å².